The minimum absolute atomic E-state index is 0.517. The van der Waals surface area contributed by atoms with Gasteiger partial charge in [0.15, 0.2) is 0 Å². The molecule has 14 heavy (non-hydrogen) atoms. The van der Waals surface area contributed by atoms with E-state index in [9.17, 15) is 13.2 Å². The summed E-state index contributed by atoms with van der Waals surface area (Å²) >= 11 is 5.18. The van der Waals surface area contributed by atoms with Crippen LogP contribution in [0.15, 0.2) is 30.3 Å². The van der Waals surface area contributed by atoms with Gasteiger partial charge in [-0.15, -0.1) is 0 Å². The van der Waals surface area contributed by atoms with Crippen LogP contribution in [0.5, 0.6) is 0 Å². The molecular formula is C10H8ClF3. The predicted molar refractivity (Wildman–Crippen MR) is 48.4 cm³/mol. The molecule has 76 valence electrons. The first-order valence-corrected chi connectivity index (χ1v) is 4.63. The Bertz CT molecular complexity index is 334. The maximum atomic E-state index is 13.3. The molecule has 0 nitrogen and oxygen atoms in total. The second-order valence-electron chi connectivity index (χ2n) is 3.49. The summed E-state index contributed by atoms with van der Waals surface area (Å²) in [4.78, 5) is 0. The van der Waals surface area contributed by atoms with Gasteiger partial charge in [0, 0.05) is 12.3 Å². The van der Waals surface area contributed by atoms with Gasteiger partial charge in [0.25, 0.3) is 11.1 Å². The molecule has 2 rings (SSSR count). The van der Waals surface area contributed by atoms with Gasteiger partial charge in [-0.2, -0.15) is 0 Å². The van der Waals surface area contributed by atoms with Gasteiger partial charge >= 0.3 is 0 Å². The van der Waals surface area contributed by atoms with Crippen molar-refractivity contribution in [3.05, 3.63) is 35.9 Å². The van der Waals surface area contributed by atoms with Crippen molar-refractivity contribution in [3.8, 4) is 0 Å². The molecule has 1 aromatic carbocycles. The minimum atomic E-state index is -3.41. The summed E-state index contributed by atoms with van der Waals surface area (Å²) in [6.45, 7) is 0. The van der Waals surface area contributed by atoms with Crippen molar-refractivity contribution < 1.29 is 13.2 Å². The third-order valence-corrected chi connectivity index (χ3v) is 3.13. The lowest BCUT2D eigenvalue weighted by atomic mass is 9.74. The number of benzene rings is 1. The Labute approximate surface area is 84.7 Å². The van der Waals surface area contributed by atoms with Crippen LogP contribution in [0.2, 0.25) is 0 Å². The normalized spacial score (nSPS) is 35.0. The van der Waals surface area contributed by atoms with Crippen LogP contribution in [-0.4, -0.2) is 11.1 Å². The molecule has 1 saturated carbocycles. The van der Waals surface area contributed by atoms with E-state index in [2.05, 4.69) is 0 Å². The highest BCUT2D eigenvalue weighted by molar-refractivity contribution is 6.25. The first kappa shape index (κ1) is 9.84. The van der Waals surface area contributed by atoms with E-state index >= 15 is 0 Å². The molecule has 1 aliphatic rings. The summed E-state index contributed by atoms with van der Waals surface area (Å²) in [5.41, 5.74) is 0.524. The van der Waals surface area contributed by atoms with Gasteiger partial charge in [-0.3, -0.25) is 0 Å². The zero-order chi connectivity index (χ0) is 10.4. The third-order valence-electron chi connectivity index (χ3n) is 2.59. The number of rotatable bonds is 1. The Balaban J connectivity index is 2.26. The quantitative estimate of drug-likeness (QED) is 0.633. The van der Waals surface area contributed by atoms with Crippen LogP contribution in [0.25, 0.3) is 0 Å². The monoisotopic (exact) mass is 220 g/mol. The van der Waals surface area contributed by atoms with Crippen molar-refractivity contribution in [1.82, 2.24) is 0 Å². The topological polar surface area (TPSA) is 0 Å². The van der Waals surface area contributed by atoms with E-state index in [1.54, 1.807) is 30.3 Å². The van der Waals surface area contributed by atoms with Crippen molar-refractivity contribution in [2.75, 3.05) is 0 Å². The number of halogens is 4. The van der Waals surface area contributed by atoms with Crippen LogP contribution in [0.3, 0.4) is 0 Å². The maximum Gasteiger partial charge on any atom is 0.296 e. The van der Waals surface area contributed by atoms with Crippen LogP contribution in [-0.2, 0) is 0 Å². The first-order valence-electron chi connectivity index (χ1n) is 4.26. The average molecular weight is 221 g/mol. The Morgan fingerprint density at radius 3 is 2.14 bits per heavy atom. The molecule has 0 amide bonds. The number of hydrogen-bond acceptors (Lipinski definition) is 0. The fraction of sp³-hybridized carbons (Fsp3) is 0.400. The minimum Gasteiger partial charge on any atom is -0.219 e. The molecule has 1 aliphatic carbocycles. The molecular weight excluding hydrogens is 213 g/mol. The summed E-state index contributed by atoms with van der Waals surface area (Å²) in [5.74, 6) is -4.31. The van der Waals surface area contributed by atoms with Crippen LogP contribution in [0.1, 0.15) is 17.9 Å². The van der Waals surface area contributed by atoms with Crippen LogP contribution in [0, 0.1) is 0 Å². The zero-order valence-corrected chi connectivity index (χ0v) is 7.94. The highest BCUT2D eigenvalue weighted by Crippen LogP contribution is 2.61. The van der Waals surface area contributed by atoms with Crippen LogP contribution in [0.4, 0.5) is 13.2 Å². The molecule has 2 atom stereocenters. The van der Waals surface area contributed by atoms with E-state index in [-0.39, 0.29) is 0 Å². The summed E-state index contributed by atoms with van der Waals surface area (Å²) < 4.78 is 38.8. The molecule has 0 aromatic heterocycles. The molecule has 0 bridgehead atoms. The lowest BCUT2D eigenvalue weighted by Crippen LogP contribution is -2.56. The second-order valence-corrected chi connectivity index (χ2v) is 4.04. The summed E-state index contributed by atoms with van der Waals surface area (Å²) in [5, 5.41) is -2.92. The Morgan fingerprint density at radius 2 is 1.71 bits per heavy atom. The molecule has 0 radical (unpaired) electrons. The van der Waals surface area contributed by atoms with Crippen molar-refractivity contribution in [2.24, 2.45) is 0 Å². The molecule has 0 saturated heterocycles. The Hall–Kier alpha value is -0.700. The van der Waals surface area contributed by atoms with Gasteiger partial charge in [-0.25, -0.2) is 13.2 Å². The highest BCUT2D eigenvalue weighted by Gasteiger charge is 2.69. The first-order chi connectivity index (χ1) is 6.45. The number of alkyl halides is 4. The zero-order valence-electron chi connectivity index (χ0n) is 7.18. The van der Waals surface area contributed by atoms with Crippen LogP contribution < -0.4 is 0 Å². The smallest absolute Gasteiger partial charge is 0.219 e. The Kier molecular flexibility index (Phi) is 2.03. The molecule has 4 heteroatoms. The lowest BCUT2D eigenvalue weighted by molar-refractivity contribution is -0.182. The molecule has 0 spiro atoms. The van der Waals surface area contributed by atoms with Gasteiger partial charge in [0.1, 0.15) is 0 Å². The molecule has 2 unspecified atom stereocenters. The molecule has 0 heterocycles. The SMILES string of the molecule is FC1(F)CC(c2ccccc2)C1(F)Cl. The van der Waals surface area contributed by atoms with E-state index in [0.717, 1.165) is 0 Å². The summed E-state index contributed by atoms with van der Waals surface area (Å²) in [6, 6.07) is 8.32. The summed E-state index contributed by atoms with van der Waals surface area (Å²) in [6.07, 6.45) is -0.517. The fourth-order valence-corrected chi connectivity index (χ4v) is 1.94. The van der Waals surface area contributed by atoms with E-state index in [0.29, 0.717) is 5.56 Å². The summed E-state index contributed by atoms with van der Waals surface area (Å²) in [7, 11) is 0. The van der Waals surface area contributed by atoms with Gasteiger partial charge in [-0.05, 0) is 5.56 Å². The number of hydrogen-bond donors (Lipinski definition) is 0. The molecule has 0 aliphatic heterocycles. The standard InChI is InChI=1S/C10H8ClF3/c11-10(14)8(6-9(10,12)13)7-4-2-1-3-5-7/h1-5,8H,6H2. The second kappa shape index (κ2) is 2.89. The molecule has 1 fully saturated rings. The van der Waals surface area contributed by atoms with E-state index in [1.807, 2.05) is 0 Å². The lowest BCUT2D eigenvalue weighted by Gasteiger charge is -2.45. The van der Waals surface area contributed by atoms with Crippen molar-refractivity contribution in [2.45, 2.75) is 23.4 Å². The predicted octanol–water partition coefficient (Wildman–Crippen LogP) is 3.71. The highest BCUT2D eigenvalue weighted by atomic mass is 35.5. The van der Waals surface area contributed by atoms with E-state index in [4.69, 9.17) is 11.6 Å². The Morgan fingerprint density at radius 1 is 1.14 bits per heavy atom. The van der Waals surface area contributed by atoms with Crippen molar-refractivity contribution >= 4 is 11.6 Å². The average Bonchev–Trinajstić information content (AvgIpc) is 2.16. The van der Waals surface area contributed by atoms with E-state index < -0.39 is 23.4 Å². The van der Waals surface area contributed by atoms with Gasteiger partial charge < -0.3 is 0 Å². The van der Waals surface area contributed by atoms with Gasteiger partial charge in [0.05, 0.1) is 0 Å². The molecule has 0 N–H and O–H groups in total. The van der Waals surface area contributed by atoms with Gasteiger partial charge in [-0.1, -0.05) is 41.9 Å². The van der Waals surface area contributed by atoms with Crippen molar-refractivity contribution in [1.29, 1.82) is 0 Å². The van der Waals surface area contributed by atoms with Crippen molar-refractivity contribution in [3.63, 3.8) is 0 Å². The largest absolute Gasteiger partial charge is 0.296 e. The fourth-order valence-electron chi connectivity index (χ4n) is 1.66. The van der Waals surface area contributed by atoms with Gasteiger partial charge in [0.2, 0.25) is 0 Å². The van der Waals surface area contributed by atoms with Crippen LogP contribution >= 0.6 is 11.6 Å². The third kappa shape index (κ3) is 1.22. The van der Waals surface area contributed by atoms with E-state index in [1.165, 1.54) is 0 Å². The maximum absolute atomic E-state index is 13.3. The molecule has 1 aromatic rings.